The third kappa shape index (κ3) is 7.58. The molecule has 0 saturated heterocycles. The van der Waals surface area contributed by atoms with Crippen LogP contribution in [0.2, 0.25) is 5.04 Å². The van der Waals surface area contributed by atoms with Gasteiger partial charge < -0.3 is 22.3 Å². The third-order valence-corrected chi connectivity index (χ3v) is 4.74. The number of hydrogen-bond acceptors (Lipinski definition) is 0. The number of fused-ring (bicyclic) bond motifs is 1. The Morgan fingerprint density at radius 3 is 2.21 bits per heavy atom. The van der Waals surface area contributed by atoms with Crippen molar-refractivity contribution < 1.29 is 21.7 Å². The molecular weight excluding hydrogens is 280 g/mol. The van der Waals surface area contributed by atoms with Gasteiger partial charge in [0.15, 0.2) is 0 Å². The molecule has 1 aliphatic rings. The molecule has 106 valence electrons. The molecule has 1 aliphatic carbocycles. The summed E-state index contributed by atoms with van der Waals surface area (Å²) in [6, 6.07) is 6.22. The predicted octanol–water partition coefficient (Wildman–Crippen LogP) is 5.06. The van der Waals surface area contributed by atoms with Crippen LogP contribution in [0.5, 0.6) is 0 Å². The molecule has 2 heteroatoms. The second-order valence-electron chi connectivity index (χ2n) is 5.72. The molecule has 0 nitrogen and oxygen atoms in total. The van der Waals surface area contributed by atoms with E-state index in [0.717, 1.165) is 9.52 Å². The van der Waals surface area contributed by atoms with Crippen LogP contribution in [0.4, 0.5) is 0 Å². The summed E-state index contributed by atoms with van der Waals surface area (Å²) >= 11 is 0. The van der Waals surface area contributed by atoms with Gasteiger partial charge in [-0.15, -0.1) is 0 Å². The summed E-state index contributed by atoms with van der Waals surface area (Å²) in [6.45, 7) is 7.02. The van der Waals surface area contributed by atoms with Crippen molar-refractivity contribution in [1.82, 2.24) is 0 Å². The first-order chi connectivity index (χ1) is 7.04. The average molecular weight is 310 g/mol. The van der Waals surface area contributed by atoms with E-state index in [1.807, 2.05) is 0 Å². The van der Waals surface area contributed by atoms with E-state index in [9.17, 15) is 0 Å². The van der Waals surface area contributed by atoms with Crippen LogP contribution < -0.4 is 0 Å². The Balaban J connectivity index is -0.000000640. The Bertz CT molecular complexity index is 310. The van der Waals surface area contributed by atoms with E-state index in [1.165, 1.54) is 31.7 Å². The van der Waals surface area contributed by atoms with Gasteiger partial charge in [-0.2, -0.15) is 22.8 Å². The van der Waals surface area contributed by atoms with Crippen LogP contribution >= 0.6 is 0 Å². The largest absolute Gasteiger partial charge is 4.00 e. The van der Waals surface area contributed by atoms with Gasteiger partial charge in [0.1, 0.15) is 0 Å². The Morgan fingerprint density at radius 2 is 1.68 bits per heavy atom. The van der Waals surface area contributed by atoms with E-state index in [4.69, 9.17) is 0 Å². The second kappa shape index (κ2) is 10.1. The number of aryl methyl sites for hydroxylation is 2. The molecule has 0 amide bonds. The van der Waals surface area contributed by atoms with Gasteiger partial charge in [-0.25, -0.2) is 6.07 Å². The molecule has 0 unspecified atom stereocenters. The zero-order valence-electron chi connectivity index (χ0n) is 13.7. The number of hydrogen-bond donors (Lipinski definition) is 0. The van der Waals surface area contributed by atoms with Crippen LogP contribution in [0.15, 0.2) is 12.1 Å². The van der Waals surface area contributed by atoms with Gasteiger partial charge in [0, 0.05) is 9.52 Å². The quantitative estimate of drug-likeness (QED) is 0.529. The molecule has 1 aromatic carbocycles. The van der Waals surface area contributed by atoms with E-state index in [-0.39, 0.29) is 44.0 Å². The van der Waals surface area contributed by atoms with Crippen molar-refractivity contribution in [3.05, 3.63) is 51.1 Å². The van der Waals surface area contributed by atoms with Gasteiger partial charge in [-0.1, -0.05) is 52.5 Å². The molecule has 0 spiro atoms. The maximum absolute atomic E-state index is 2.47. The second-order valence-corrected chi connectivity index (χ2v) is 7.93. The monoisotopic (exact) mass is 310 g/mol. The van der Waals surface area contributed by atoms with Crippen molar-refractivity contribution in [2.75, 3.05) is 0 Å². The van der Waals surface area contributed by atoms with E-state index >= 15 is 0 Å². The molecule has 2 rings (SSSR count). The summed E-state index contributed by atoms with van der Waals surface area (Å²) in [4.78, 5) is 0. The Morgan fingerprint density at radius 1 is 1.11 bits per heavy atom. The van der Waals surface area contributed by atoms with Crippen molar-refractivity contribution in [1.29, 1.82) is 0 Å². The van der Waals surface area contributed by atoms with Crippen LogP contribution in [0, 0.1) is 22.3 Å². The molecular formula is C17H30SiTi. The number of rotatable bonds is 2. The summed E-state index contributed by atoms with van der Waals surface area (Å²) < 4.78 is 0. The van der Waals surface area contributed by atoms with Gasteiger partial charge in [0.2, 0.25) is 0 Å². The first-order valence-electron chi connectivity index (χ1n) is 6.07. The fourth-order valence-corrected chi connectivity index (χ4v) is 3.18. The van der Waals surface area contributed by atoms with Crippen molar-refractivity contribution in [3.63, 3.8) is 0 Å². The van der Waals surface area contributed by atoms with Gasteiger partial charge in [0.25, 0.3) is 0 Å². The van der Waals surface area contributed by atoms with Gasteiger partial charge in [0.05, 0.1) is 0 Å². The van der Waals surface area contributed by atoms with Crippen molar-refractivity contribution in [2.45, 2.75) is 57.5 Å². The van der Waals surface area contributed by atoms with Crippen molar-refractivity contribution in [3.8, 4) is 0 Å². The van der Waals surface area contributed by atoms with Crippen LogP contribution in [-0.2, 0) is 40.6 Å². The van der Waals surface area contributed by atoms with Crippen LogP contribution in [0.25, 0.3) is 0 Å². The fraction of sp³-hybridized carbons (Fsp3) is 0.529. The molecule has 0 aromatic heterocycles. The SMILES string of the molecule is CC(C)(C)[Si]Cc1cc2c([cH-]1)CCCC2.[CH3-].[CH3-].[CH3-].[Ti+4]. The molecule has 0 fully saturated rings. The van der Waals surface area contributed by atoms with Gasteiger partial charge >= 0.3 is 21.7 Å². The van der Waals surface area contributed by atoms with Crippen LogP contribution in [0.1, 0.15) is 50.3 Å². The summed E-state index contributed by atoms with van der Waals surface area (Å²) in [5, 5.41) is 0.498. The topological polar surface area (TPSA) is 0 Å². The van der Waals surface area contributed by atoms with Crippen molar-refractivity contribution in [2.24, 2.45) is 0 Å². The van der Waals surface area contributed by atoms with E-state index < -0.39 is 0 Å². The summed E-state index contributed by atoms with van der Waals surface area (Å²) in [5.41, 5.74) is 4.89. The molecule has 0 N–H and O–H groups in total. The molecule has 0 bridgehead atoms. The molecule has 2 radical (unpaired) electrons. The average Bonchev–Trinajstić information content (AvgIpc) is 2.56. The molecule has 0 atom stereocenters. The first-order valence-corrected chi connectivity index (χ1v) is 7.28. The van der Waals surface area contributed by atoms with Crippen LogP contribution in [0.3, 0.4) is 0 Å². The maximum atomic E-state index is 2.47. The maximum Gasteiger partial charge on any atom is 4.00 e. The van der Waals surface area contributed by atoms with E-state index in [0.29, 0.717) is 5.04 Å². The van der Waals surface area contributed by atoms with Crippen LogP contribution in [-0.4, -0.2) is 9.52 Å². The van der Waals surface area contributed by atoms with Gasteiger partial charge in [-0.3, -0.25) is 0 Å². The minimum absolute atomic E-state index is 0. The standard InChI is InChI=1S/C14H21Si.3CH3.Ti/c1-14(2,3)15-10-11-8-12-6-4-5-7-13(12)9-11;;;;/h8-9H,4-7,10H2,1-3H3;3*1H3;/q4*-1;+4. The van der Waals surface area contributed by atoms with Gasteiger partial charge in [-0.05, 0) is 5.04 Å². The minimum atomic E-state index is 0. The Kier molecular flexibility index (Phi) is 12.9. The smallest absolute Gasteiger partial charge is 0.358 e. The van der Waals surface area contributed by atoms with E-state index in [1.54, 1.807) is 16.7 Å². The molecule has 0 aliphatic heterocycles. The predicted molar refractivity (Wildman–Crippen MR) is 87.1 cm³/mol. The summed E-state index contributed by atoms with van der Waals surface area (Å²) in [7, 11) is 1.05. The fourth-order valence-electron chi connectivity index (χ4n) is 2.24. The van der Waals surface area contributed by atoms with Crippen molar-refractivity contribution >= 4 is 9.52 Å². The molecule has 19 heavy (non-hydrogen) atoms. The van der Waals surface area contributed by atoms with E-state index in [2.05, 4.69) is 32.9 Å². The normalized spacial score (nSPS) is 13.0. The molecule has 0 saturated carbocycles. The first kappa shape index (κ1) is 24.3. The third-order valence-electron chi connectivity index (χ3n) is 3.10. The zero-order valence-corrected chi connectivity index (χ0v) is 16.3. The molecule has 0 heterocycles. The Labute approximate surface area is 139 Å². The summed E-state index contributed by atoms with van der Waals surface area (Å²) in [6.07, 6.45) is 5.46. The Hall–Kier alpha value is 0.281. The molecule has 1 aromatic rings. The summed E-state index contributed by atoms with van der Waals surface area (Å²) in [5.74, 6) is 0. The minimum Gasteiger partial charge on any atom is -0.358 e. The zero-order chi connectivity index (χ0) is 10.9.